The molecule has 4 rings (SSSR count). The number of nitrogens with two attached hydrogens (primary N) is 2. The highest BCUT2D eigenvalue weighted by Crippen LogP contribution is 2.22. The molecule has 30 heavy (non-hydrogen) atoms. The summed E-state index contributed by atoms with van der Waals surface area (Å²) in [5, 5.41) is 6.80. The molecule has 0 radical (unpaired) electrons. The van der Waals surface area contributed by atoms with E-state index in [1.807, 2.05) is 31.2 Å². The van der Waals surface area contributed by atoms with E-state index in [1.165, 1.54) is 23.3 Å². The molecule has 10 nitrogen and oxygen atoms in total. The van der Waals surface area contributed by atoms with Crippen LogP contribution in [0.25, 0.3) is 17.1 Å². The van der Waals surface area contributed by atoms with Gasteiger partial charge in [-0.3, -0.25) is 9.59 Å². The number of anilines is 2. The Hall–Kier alpha value is -4.47. The average molecular weight is 403 g/mol. The van der Waals surface area contributed by atoms with E-state index in [9.17, 15) is 9.59 Å². The van der Waals surface area contributed by atoms with Crippen LogP contribution < -0.4 is 16.8 Å². The molecule has 3 aromatic heterocycles. The molecule has 10 heteroatoms. The lowest BCUT2D eigenvalue weighted by atomic mass is 10.2. The molecule has 0 fully saturated rings. The number of pyridine rings is 1. The van der Waals surface area contributed by atoms with Gasteiger partial charge in [-0.2, -0.15) is 5.10 Å². The van der Waals surface area contributed by atoms with Crippen molar-refractivity contribution >= 4 is 23.3 Å². The van der Waals surface area contributed by atoms with Crippen LogP contribution in [0.4, 0.5) is 11.5 Å². The lowest BCUT2D eigenvalue weighted by molar-refractivity contribution is 0.0996. The number of hydrogen-bond donors (Lipinski definition) is 3. The van der Waals surface area contributed by atoms with Crippen LogP contribution in [0.5, 0.6) is 0 Å². The normalized spacial score (nSPS) is 10.7. The third-order valence-electron chi connectivity index (χ3n) is 4.23. The lowest BCUT2D eigenvalue weighted by Crippen LogP contribution is -2.18. The number of oxazole rings is 1. The molecular weight excluding hydrogens is 386 g/mol. The van der Waals surface area contributed by atoms with E-state index in [4.69, 9.17) is 15.9 Å². The third-order valence-corrected chi connectivity index (χ3v) is 4.23. The summed E-state index contributed by atoms with van der Waals surface area (Å²) in [6.07, 6.45) is 4.22. The third kappa shape index (κ3) is 3.74. The summed E-state index contributed by atoms with van der Waals surface area (Å²) in [6.45, 7) is 1.93. The predicted octanol–water partition coefficient (Wildman–Crippen LogP) is 2.16. The number of nitrogens with one attached hydrogen (secondary N) is 1. The maximum Gasteiger partial charge on any atom is 0.277 e. The first-order valence-corrected chi connectivity index (χ1v) is 8.86. The minimum Gasteiger partial charge on any atom is -0.444 e. The van der Waals surface area contributed by atoms with Crippen molar-refractivity contribution in [2.75, 3.05) is 11.1 Å². The molecule has 0 aliphatic rings. The maximum atomic E-state index is 12.6. The van der Waals surface area contributed by atoms with Gasteiger partial charge in [-0.15, -0.1) is 0 Å². The van der Waals surface area contributed by atoms with Crippen LogP contribution in [0.3, 0.4) is 0 Å². The summed E-state index contributed by atoms with van der Waals surface area (Å²) in [5.74, 6) is -0.852. The first-order chi connectivity index (χ1) is 14.4. The van der Waals surface area contributed by atoms with Crippen molar-refractivity contribution in [1.29, 1.82) is 0 Å². The number of nitrogens with zero attached hydrogens (tertiary/aromatic N) is 4. The van der Waals surface area contributed by atoms with Crippen molar-refractivity contribution in [3.8, 4) is 17.1 Å². The molecular formula is C20H17N7O3. The van der Waals surface area contributed by atoms with Crippen molar-refractivity contribution < 1.29 is 14.0 Å². The highest BCUT2D eigenvalue weighted by Gasteiger charge is 2.20. The molecule has 5 N–H and O–H groups in total. The highest BCUT2D eigenvalue weighted by atomic mass is 16.3. The summed E-state index contributed by atoms with van der Waals surface area (Å²) in [5.41, 5.74) is 13.5. The van der Waals surface area contributed by atoms with Crippen LogP contribution in [-0.4, -0.2) is 31.6 Å². The first-order valence-electron chi connectivity index (χ1n) is 8.86. The molecule has 150 valence electrons. The summed E-state index contributed by atoms with van der Waals surface area (Å²) in [4.78, 5) is 32.5. The zero-order chi connectivity index (χ0) is 21.3. The number of nitrogen functional groups attached to an aromatic ring is 1. The standard InChI is InChI=1S/C20H17N7O3/c1-11-3-2-4-13(7-11)27-9-14(17(26-27)18(22)28)24-19(29)15-10-30-20(25-15)12-5-6-23-16(21)8-12/h2-10H,1H3,(H2,21,23)(H2,22,28)(H,24,29). The van der Waals surface area contributed by atoms with E-state index < -0.39 is 11.8 Å². The monoisotopic (exact) mass is 403 g/mol. The number of amides is 2. The molecule has 4 aromatic rings. The number of primary amides is 1. The van der Waals surface area contributed by atoms with Crippen LogP contribution in [0.15, 0.2) is 59.5 Å². The molecule has 0 spiro atoms. The van der Waals surface area contributed by atoms with Crippen LogP contribution >= 0.6 is 0 Å². The zero-order valence-electron chi connectivity index (χ0n) is 15.9. The molecule has 0 aliphatic carbocycles. The Kier molecular flexibility index (Phi) is 4.72. The van der Waals surface area contributed by atoms with Gasteiger partial charge in [0.05, 0.1) is 17.6 Å². The van der Waals surface area contributed by atoms with E-state index in [0.717, 1.165) is 11.3 Å². The second kappa shape index (κ2) is 7.51. The molecule has 0 saturated carbocycles. The smallest absolute Gasteiger partial charge is 0.277 e. The fourth-order valence-electron chi connectivity index (χ4n) is 2.83. The summed E-state index contributed by atoms with van der Waals surface area (Å²) >= 11 is 0. The second-order valence-corrected chi connectivity index (χ2v) is 6.50. The Bertz CT molecular complexity index is 1260. The summed E-state index contributed by atoms with van der Waals surface area (Å²) in [7, 11) is 0. The number of carbonyl (C=O) groups excluding carboxylic acids is 2. The van der Waals surface area contributed by atoms with Gasteiger partial charge in [0, 0.05) is 11.8 Å². The number of rotatable bonds is 5. The van der Waals surface area contributed by atoms with E-state index >= 15 is 0 Å². The van der Waals surface area contributed by atoms with Crippen LogP contribution in [0.2, 0.25) is 0 Å². The van der Waals surface area contributed by atoms with Gasteiger partial charge in [0.1, 0.15) is 12.1 Å². The van der Waals surface area contributed by atoms with E-state index in [2.05, 4.69) is 20.4 Å². The number of aromatic nitrogens is 4. The van der Waals surface area contributed by atoms with Gasteiger partial charge in [0.15, 0.2) is 11.4 Å². The fourth-order valence-corrected chi connectivity index (χ4v) is 2.83. The van der Waals surface area contributed by atoms with Gasteiger partial charge in [0.25, 0.3) is 11.8 Å². The topological polar surface area (TPSA) is 155 Å². The number of carbonyl (C=O) groups is 2. The van der Waals surface area contributed by atoms with Crippen molar-refractivity contribution in [3.63, 3.8) is 0 Å². The molecule has 0 unspecified atom stereocenters. The summed E-state index contributed by atoms with van der Waals surface area (Å²) < 4.78 is 6.83. The Morgan fingerprint density at radius 2 is 2.03 bits per heavy atom. The Morgan fingerprint density at radius 3 is 2.77 bits per heavy atom. The Morgan fingerprint density at radius 1 is 1.20 bits per heavy atom. The maximum absolute atomic E-state index is 12.6. The minimum atomic E-state index is -0.773. The highest BCUT2D eigenvalue weighted by molar-refractivity contribution is 6.07. The largest absolute Gasteiger partial charge is 0.444 e. The van der Waals surface area contributed by atoms with Crippen LogP contribution in [-0.2, 0) is 0 Å². The van der Waals surface area contributed by atoms with Gasteiger partial charge in [-0.05, 0) is 36.8 Å². The van der Waals surface area contributed by atoms with Crippen molar-refractivity contribution in [1.82, 2.24) is 19.7 Å². The Balaban J connectivity index is 1.61. The summed E-state index contributed by atoms with van der Waals surface area (Å²) in [6, 6.07) is 10.7. The molecule has 1 aromatic carbocycles. The Labute approximate surface area is 170 Å². The second-order valence-electron chi connectivity index (χ2n) is 6.50. The molecule has 0 atom stereocenters. The molecule has 0 aliphatic heterocycles. The van der Waals surface area contributed by atoms with Gasteiger partial charge in [-0.1, -0.05) is 12.1 Å². The first kappa shape index (κ1) is 18.9. The zero-order valence-corrected chi connectivity index (χ0v) is 15.9. The van der Waals surface area contributed by atoms with E-state index in [1.54, 1.807) is 12.1 Å². The lowest BCUT2D eigenvalue weighted by Gasteiger charge is -2.02. The van der Waals surface area contributed by atoms with Crippen LogP contribution in [0.1, 0.15) is 26.5 Å². The molecule has 0 saturated heterocycles. The van der Waals surface area contributed by atoms with Gasteiger partial charge >= 0.3 is 0 Å². The number of aryl methyl sites for hydroxylation is 1. The van der Waals surface area contributed by atoms with Gasteiger partial charge in [-0.25, -0.2) is 14.6 Å². The number of hydrogen-bond acceptors (Lipinski definition) is 7. The van der Waals surface area contributed by atoms with E-state index in [0.29, 0.717) is 11.4 Å². The quantitative estimate of drug-likeness (QED) is 0.461. The van der Waals surface area contributed by atoms with Crippen LogP contribution in [0, 0.1) is 6.92 Å². The van der Waals surface area contributed by atoms with Gasteiger partial charge < -0.3 is 21.2 Å². The minimum absolute atomic E-state index is 0.0131. The van der Waals surface area contributed by atoms with E-state index in [-0.39, 0.29) is 23.0 Å². The van der Waals surface area contributed by atoms with Crippen molar-refractivity contribution in [2.45, 2.75) is 6.92 Å². The van der Waals surface area contributed by atoms with Crippen molar-refractivity contribution in [2.24, 2.45) is 5.73 Å². The molecule has 2 amide bonds. The average Bonchev–Trinajstić information content (AvgIpc) is 3.36. The predicted molar refractivity (Wildman–Crippen MR) is 109 cm³/mol. The molecule has 0 bridgehead atoms. The molecule has 3 heterocycles. The fraction of sp³-hybridized carbons (Fsp3) is 0.0500. The van der Waals surface area contributed by atoms with Crippen molar-refractivity contribution in [3.05, 3.63) is 72.0 Å². The number of benzene rings is 1. The SMILES string of the molecule is Cc1cccc(-n2cc(NC(=O)c3coc(-c4ccnc(N)c4)n3)c(C(N)=O)n2)c1. The van der Waals surface area contributed by atoms with Gasteiger partial charge in [0.2, 0.25) is 5.89 Å².